The van der Waals surface area contributed by atoms with E-state index >= 15 is 0 Å². The molecule has 0 aliphatic carbocycles. The van der Waals surface area contributed by atoms with Gasteiger partial charge in [0.2, 0.25) is 5.91 Å². The summed E-state index contributed by atoms with van der Waals surface area (Å²) in [7, 11) is 0. The van der Waals surface area contributed by atoms with Crippen LogP contribution in [0.15, 0.2) is 65.5 Å². The number of nitrogens with zero attached hydrogens (tertiary/aromatic N) is 4. The molecule has 0 saturated heterocycles. The van der Waals surface area contributed by atoms with Crippen LogP contribution in [0, 0.1) is 0 Å². The number of anilines is 1. The van der Waals surface area contributed by atoms with E-state index in [1.165, 1.54) is 9.58 Å². The van der Waals surface area contributed by atoms with Crippen LogP contribution in [0.25, 0.3) is 0 Å². The average molecular weight is 363 g/mol. The van der Waals surface area contributed by atoms with Crippen LogP contribution in [0.1, 0.15) is 11.4 Å². The second-order valence-electron chi connectivity index (χ2n) is 6.15. The van der Waals surface area contributed by atoms with E-state index in [4.69, 9.17) is 0 Å². The Morgan fingerprint density at radius 1 is 1.00 bits per heavy atom. The van der Waals surface area contributed by atoms with Gasteiger partial charge in [-0.2, -0.15) is 9.67 Å². The van der Waals surface area contributed by atoms with Crippen LogP contribution >= 0.6 is 0 Å². The molecule has 1 aliphatic rings. The van der Waals surface area contributed by atoms with E-state index in [0.29, 0.717) is 18.1 Å². The third-order valence-electron chi connectivity index (χ3n) is 4.34. The van der Waals surface area contributed by atoms with Gasteiger partial charge in [0.1, 0.15) is 6.54 Å². The Bertz CT molecular complexity index is 1040. The number of carbonyl (C=O) groups excluding carboxylic acids is 2. The molecule has 0 radical (unpaired) electrons. The summed E-state index contributed by atoms with van der Waals surface area (Å²) < 4.78 is 2.25. The summed E-state index contributed by atoms with van der Waals surface area (Å²) in [6, 6.07) is 18.2. The normalized spacial score (nSPS) is 12.9. The van der Waals surface area contributed by atoms with Crippen LogP contribution in [0.4, 0.5) is 10.5 Å². The number of rotatable bonds is 5. The van der Waals surface area contributed by atoms with Crippen molar-refractivity contribution >= 4 is 17.6 Å². The van der Waals surface area contributed by atoms with Crippen LogP contribution in [-0.2, 0) is 24.4 Å². The number of benzene rings is 2. The molecule has 2 aromatic carbocycles. The van der Waals surface area contributed by atoms with Gasteiger partial charge >= 0.3 is 11.7 Å². The Hall–Kier alpha value is -3.68. The van der Waals surface area contributed by atoms with E-state index in [9.17, 15) is 14.4 Å². The summed E-state index contributed by atoms with van der Waals surface area (Å²) in [5.41, 5.74) is 1.05. The molecule has 136 valence electrons. The van der Waals surface area contributed by atoms with Gasteiger partial charge in [0.25, 0.3) is 0 Å². The summed E-state index contributed by atoms with van der Waals surface area (Å²) in [6.45, 7) is 0.267. The summed E-state index contributed by atoms with van der Waals surface area (Å²) in [4.78, 5) is 42.6. The van der Waals surface area contributed by atoms with Crippen molar-refractivity contribution < 1.29 is 9.59 Å². The van der Waals surface area contributed by atoms with Crippen molar-refractivity contribution in [3.63, 3.8) is 0 Å². The molecular weight excluding hydrogens is 346 g/mol. The van der Waals surface area contributed by atoms with Crippen LogP contribution in [0.2, 0.25) is 0 Å². The molecule has 27 heavy (non-hydrogen) atoms. The number of hydrogen-bond donors (Lipinski definition) is 1. The van der Waals surface area contributed by atoms with Crippen LogP contribution in [0.3, 0.4) is 0 Å². The molecule has 8 nitrogen and oxygen atoms in total. The number of aromatic nitrogens is 3. The lowest BCUT2D eigenvalue weighted by Gasteiger charge is -2.15. The Balaban J connectivity index is 1.50. The average Bonchev–Trinajstić information content (AvgIpc) is 3.17. The summed E-state index contributed by atoms with van der Waals surface area (Å²) >= 11 is 0. The second kappa shape index (κ2) is 6.91. The fourth-order valence-electron chi connectivity index (χ4n) is 3.02. The molecule has 0 spiro atoms. The van der Waals surface area contributed by atoms with Gasteiger partial charge in [0.15, 0.2) is 5.82 Å². The predicted molar refractivity (Wildman–Crippen MR) is 98.2 cm³/mol. The van der Waals surface area contributed by atoms with Gasteiger partial charge < -0.3 is 5.32 Å². The molecule has 8 heteroatoms. The van der Waals surface area contributed by atoms with Gasteiger partial charge in [0, 0.05) is 12.2 Å². The van der Waals surface area contributed by atoms with Crippen molar-refractivity contribution in [2.45, 2.75) is 19.6 Å². The Morgan fingerprint density at radius 3 is 2.37 bits per heavy atom. The minimum Gasteiger partial charge on any atom is -0.350 e. The lowest BCUT2D eigenvalue weighted by atomic mass is 10.2. The van der Waals surface area contributed by atoms with Gasteiger partial charge in [0.05, 0.1) is 6.54 Å². The van der Waals surface area contributed by atoms with Crippen LogP contribution < -0.4 is 15.9 Å². The first kappa shape index (κ1) is 16.8. The molecule has 1 N–H and O–H groups in total. The van der Waals surface area contributed by atoms with E-state index in [1.54, 1.807) is 12.1 Å². The Morgan fingerprint density at radius 2 is 1.67 bits per heavy atom. The number of nitrogens with one attached hydrogen (secondary N) is 1. The van der Waals surface area contributed by atoms with Gasteiger partial charge in [-0.1, -0.05) is 48.5 Å². The highest BCUT2D eigenvalue weighted by atomic mass is 16.2. The maximum atomic E-state index is 12.7. The maximum absolute atomic E-state index is 12.7. The molecule has 0 bridgehead atoms. The quantitative estimate of drug-likeness (QED) is 0.741. The molecule has 0 fully saturated rings. The lowest BCUT2D eigenvalue weighted by Crippen LogP contribution is -2.38. The number of hydrogen-bond acceptors (Lipinski definition) is 4. The molecule has 2 amide bonds. The Kier molecular flexibility index (Phi) is 4.29. The van der Waals surface area contributed by atoms with Gasteiger partial charge in [-0.15, -0.1) is 0 Å². The third kappa shape index (κ3) is 3.24. The zero-order valence-electron chi connectivity index (χ0n) is 14.4. The van der Waals surface area contributed by atoms with E-state index in [2.05, 4.69) is 10.3 Å². The number of carbonyl (C=O) groups is 2. The van der Waals surface area contributed by atoms with Gasteiger partial charge in [-0.25, -0.2) is 14.3 Å². The molecule has 0 saturated carbocycles. The van der Waals surface area contributed by atoms with Crippen LogP contribution in [0.5, 0.6) is 0 Å². The first-order valence-electron chi connectivity index (χ1n) is 8.50. The van der Waals surface area contributed by atoms with E-state index in [-0.39, 0.29) is 19.0 Å². The van der Waals surface area contributed by atoms with E-state index in [0.717, 1.165) is 10.2 Å². The topological polar surface area (TPSA) is 89.2 Å². The number of fused-ring (bicyclic) bond motifs is 1. The molecule has 0 unspecified atom stereocenters. The largest absolute Gasteiger partial charge is 0.365 e. The van der Waals surface area contributed by atoms with Crippen molar-refractivity contribution in [3.05, 3.63) is 82.5 Å². The van der Waals surface area contributed by atoms with Crippen molar-refractivity contribution in [1.29, 1.82) is 0 Å². The number of para-hydroxylation sites is 1. The highest BCUT2D eigenvalue weighted by Crippen LogP contribution is 2.22. The lowest BCUT2D eigenvalue weighted by molar-refractivity contribution is -0.122. The minimum atomic E-state index is -0.610. The molecule has 1 aliphatic heterocycles. The molecule has 0 atom stereocenters. The van der Waals surface area contributed by atoms with Crippen molar-refractivity contribution in [3.8, 4) is 0 Å². The van der Waals surface area contributed by atoms with Gasteiger partial charge in [-0.3, -0.25) is 9.69 Å². The fourth-order valence-corrected chi connectivity index (χ4v) is 3.02. The number of amides is 2. The van der Waals surface area contributed by atoms with Crippen molar-refractivity contribution in [2.75, 3.05) is 4.90 Å². The van der Waals surface area contributed by atoms with Crippen molar-refractivity contribution in [2.24, 2.45) is 0 Å². The van der Waals surface area contributed by atoms with Crippen molar-refractivity contribution in [1.82, 2.24) is 19.7 Å². The molecular formula is C19H17N5O3. The summed E-state index contributed by atoms with van der Waals surface area (Å²) in [5, 5.41) is 2.75. The highest BCUT2D eigenvalue weighted by molar-refractivity contribution is 5.95. The summed E-state index contributed by atoms with van der Waals surface area (Å²) in [6.07, 6.45) is 0. The summed E-state index contributed by atoms with van der Waals surface area (Å²) in [5.74, 6) is -0.0423. The first-order chi connectivity index (χ1) is 13.1. The highest BCUT2D eigenvalue weighted by Gasteiger charge is 2.33. The monoisotopic (exact) mass is 363 g/mol. The molecule has 4 rings (SSSR count). The van der Waals surface area contributed by atoms with E-state index in [1.807, 2.05) is 48.5 Å². The molecule has 3 aromatic rings. The second-order valence-corrected chi connectivity index (χ2v) is 6.15. The Labute approximate surface area is 154 Å². The smallest absolute Gasteiger partial charge is 0.350 e. The molecule has 2 heterocycles. The van der Waals surface area contributed by atoms with Gasteiger partial charge in [-0.05, 0) is 17.7 Å². The maximum Gasteiger partial charge on any atom is 0.365 e. The fraction of sp³-hybridized carbons (Fsp3) is 0.158. The van der Waals surface area contributed by atoms with Crippen LogP contribution in [-0.4, -0.2) is 26.3 Å². The minimum absolute atomic E-state index is 0.191. The molecule has 1 aromatic heterocycles. The third-order valence-corrected chi connectivity index (χ3v) is 4.34. The first-order valence-corrected chi connectivity index (χ1v) is 8.50. The zero-order valence-corrected chi connectivity index (χ0v) is 14.4. The zero-order chi connectivity index (χ0) is 18.8. The standard InChI is InChI=1S/C19H17N5O3/c25-17(20-11-14-7-3-1-4-8-14)13-23-18(26)21-16-12-22(19(27)24(16)23)15-9-5-2-6-10-15/h1-10H,11-13H2,(H,20,25). The van der Waals surface area contributed by atoms with E-state index < -0.39 is 11.7 Å². The predicted octanol–water partition coefficient (Wildman–Crippen LogP) is 1.35. The SMILES string of the molecule is O=C(Cn1c(=O)nc2n1C(=O)N(c1ccccc1)C2)NCc1ccccc1.